The van der Waals surface area contributed by atoms with Crippen LogP contribution in [0.1, 0.15) is 24.2 Å². The van der Waals surface area contributed by atoms with Gasteiger partial charge in [0.1, 0.15) is 5.82 Å². The number of methoxy groups -OCH3 is 2. The van der Waals surface area contributed by atoms with Gasteiger partial charge in [-0.15, -0.1) is 24.0 Å². The summed E-state index contributed by atoms with van der Waals surface area (Å²) in [5, 5.41) is 3.15. The van der Waals surface area contributed by atoms with Crippen molar-refractivity contribution in [1.29, 1.82) is 0 Å². The van der Waals surface area contributed by atoms with Gasteiger partial charge in [0.05, 0.1) is 20.8 Å². The molecule has 8 heteroatoms. The van der Waals surface area contributed by atoms with Gasteiger partial charge >= 0.3 is 0 Å². The van der Waals surface area contributed by atoms with E-state index in [4.69, 9.17) is 15.2 Å². The molecule has 144 valence electrons. The Labute approximate surface area is 172 Å². The van der Waals surface area contributed by atoms with Gasteiger partial charge in [0, 0.05) is 25.5 Å². The first-order valence-corrected chi connectivity index (χ1v) is 8.36. The summed E-state index contributed by atoms with van der Waals surface area (Å²) in [6.45, 7) is 4.27. The molecule has 26 heavy (non-hydrogen) atoms. The van der Waals surface area contributed by atoms with Crippen molar-refractivity contribution in [1.82, 2.24) is 14.9 Å². The van der Waals surface area contributed by atoms with E-state index >= 15 is 0 Å². The lowest BCUT2D eigenvalue weighted by Crippen LogP contribution is -2.32. The van der Waals surface area contributed by atoms with Crippen molar-refractivity contribution in [3.8, 4) is 11.5 Å². The Kier molecular flexibility index (Phi) is 9.85. The van der Waals surface area contributed by atoms with E-state index in [0.29, 0.717) is 24.0 Å². The van der Waals surface area contributed by atoms with E-state index in [0.717, 1.165) is 37.3 Å². The fourth-order valence-electron chi connectivity index (χ4n) is 2.47. The first kappa shape index (κ1) is 22.1. The van der Waals surface area contributed by atoms with Crippen LogP contribution in [-0.2, 0) is 13.1 Å². The zero-order chi connectivity index (χ0) is 18.1. The van der Waals surface area contributed by atoms with Gasteiger partial charge in [-0.05, 0) is 37.5 Å². The quantitative estimate of drug-likeness (QED) is 0.253. The van der Waals surface area contributed by atoms with Gasteiger partial charge in [0.25, 0.3) is 0 Å². The number of rotatable bonds is 9. The van der Waals surface area contributed by atoms with E-state index in [1.54, 1.807) is 14.2 Å². The number of ether oxygens (including phenoxy) is 2. The first-order valence-electron chi connectivity index (χ1n) is 8.36. The molecule has 7 nitrogen and oxygen atoms in total. The van der Waals surface area contributed by atoms with E-state index in [-0.39, 0.29) is 24.0 Å². The van der Waals surface area contributed by atoms with Crippen molar-refractivity contribution >= 4 is 29.9 Å². The molecule has 2 rings (SSSR count). The molecule has 0 aliphatic carbocycles. The highest BCUT2D eigenvalue weighted by Crippen LogP contribution is 2.27. The van der Waals surface area contributed by atoms with Crippen molar-refractivity contribution in [2.75, 3.05) is 20.8 Å². The number of unbranched alkanes of at least 4 members (excludes halogenated alkanes) is 1. The molecule has 1 heterocycles. The highest BCUT2D eigenvalue weighted by atomic mass is 127. The number of guanidine groups is 1. The fraction of sp³-hybridized carbons (Fsp3) is 0.444. The number of benzene rings is 1. The van der Waals surface area contributed by atoms with Gasteiger partial charge in [0.2, 0.25) is 0 Å². The van der Waals surface area contributed by atoms with Gasteiger partial charge in [0.15, 0.2) is 17.5 Å². The molecule has 0 atom stereocenters. The van der Waals surface area contributed by atoms with Crippen LogP contribution in [0.4, 0.5) is 0 Å². The van der Waals surface area contributed by atoms with E-state index in [2.05, 4.69) is 19.9 Å². The molecule has 0 fully saturated rings. The maximum absolute atomic E-state index is 5.92. The summed E-state index contributed by atoms with van der Waals surface area (Å²) in [5.74, 6) is 2.89. The van der Waals surface area contributed by atoms with Crippen LogP contribution in [0, 0.1) is 6.92 Å². The standard InChI is InChI=1S/C18H27N5O2.HI/c1-14-20-9-11-23(14)10-5-4-8-21-18(19)22-13-15-6-7-16(24-2)17(12-15)25-3;/h6-7,9,11-12H,4-5,8,10,13H2,1-3H3,(H3,19,21,22);1H. The van der Waals surface area contributed by atoms with Crippen molar-refractivity contribution < 1.29 is 9.47 Å². The highest BCUT2D eigenvalue weighted by molar-refractivity contribution is 14.0. The van der Waals surface area contributed by atoms with Crippen molar-refractivity contribution in [3.63, 3.8) is 0 Å². The van der Waals surface area contributed by atoms with Crippen LogP contribution in [0.3, 0.4) is 0 Å². The maximum atomic E-state index is 5.92. The summed E-state index contributed by atoms with van der Waals surface area (Å²) in [5.41, 5.74) is 6.93. The van der Waals surface area contributed by atoms with E-state index in [1.165, 1.54) is 0 Å². The van der Waals surface area contributed by atoms with E-state index in [1.807, 2.05) is 37.5 Å². The minimum Gasteiger partial charge on any atom is -0.493 e. The number of nitrogens with one attached hydrogen (secondary N) is 1. The Hall–Kier alpha value is -1.97. The Balaban J connectivity index is 0.00000338. The molecule has 0 unspecified atom stereocenters. The molecular weight excluding hydrogens is 445 g/mol. The summed E-state index contributed by atoms with van der Waals surface area (Å²) in [4.78, 5) is 8.57. The lowest BCUT2D eigenvalue weighted by atomic mass is 10.2. The lowest BCUT2D eigenvalue weighted by molar-refractivity contribution is 0.354. The van der Waals surface area contributed by atoms with Gasteiger partial charge < -0.3 is 25.1 Å². The number of hydrogen-bond acceptors (Lipinski definition) is 4. The average Bonchev–Trinajstić information content (AvgIpc) is 3.04. The number of aromatic nitrogens is 2. The van der Waals surface area contributed by atoms with Gasteiger partial charge in [-0.3, -0.25) is 0 Å². The number of hydrogen-bond donors (Lipinski definition) is 2. The third-order valence-electron chi connectivity index (χ3n) is 3.94. The summed E-state index contributed by atoms with van der Waals surface area (Å²) in [7, 11) is 3.23. The third kappa shape index (κ3) is 6.74. The van der Waals surface area contributed by atoms with Gasteiger partial charge in [-0.1, -0.05) is 6.07 Å². The summed E-state index contributed by atoms with van der Waals surface area (Å²) >= 11 is 0. The van der Waals surface area contributed by atoms with Gasteiger partial charge in [-0.2, -0.15) is 0 Å². The van der Waals surface area contributed by atoms with Crippen LogP contribution in [0.25, 0.3) is 0 Å². The summed E-state index contributed by atoms with van der Waals surface area (Å²) < 4.78 is 12.7. The predicted octanol–water partition coefficient (Wildman–Crippen LogP) is 2.71. The largest absolute Gasteiger partial charge is 0.493 e. The predicted molar refractivity (Wildman–Crippen MR) is 114 cm³/mol. The number of nitrogens with two attached hydrogens (primary N) is 1. The van der Waals surface area contributed by atoms with Crippen molar-refractivity contribution in [2.24, 2.45) is 10.7 Å². The third-order valence-corrected chi connectivity index (χ3v) is 3.94. The molecular formula is C18H28IN5O2. The molecule has 0 aliphatic heterocycles. The smallest absolute Gasteiger partial charge is 0.188 e. The number of nitrogens with zero attached hydrogens (tertiary/aromatic N) is 3. The molecule has 0 saturated heterocycles. The SMILES string of the molecule is COc1ccc(CN=C(N)NCCCCn2ccnc2C)cc1OC.I. The molecule has 0 spiro atoms. The van der Waals surface area contributed by atoms with Gasteiger partial charge in [-0.25, -0.2) is 9.98 Å². The van der Waals surface area contributed by atoms with Crippen LogP contribution < -0.4 is 20.5 Å². The van der Waals surface area contributed by atoms with Crippen LogP contribution in [0.15, 0.2) is 35.6 Å². The Morgan fingerprint density at radius 1 is 1.23 bits per heavy atom. The Morgan fingerprint density at radius 3 is 2.65 bits per heavy atom. The Bertz CT molecular complexity index is 703. The minimum absolute atomic E-state index is 0. The molecule has 3 N–H and O–H groups in total. The maximum Gasteiger partial charge on any atom is 0.188 e. The Morgan fingerprint density at radius 2 is 2.00 bits per heavy atom. The topological polar surface area (TPSA) is 86.7 Å². The van der Waals surface area contributed by atoms with Crippen LogP contribution in [0.5, 0.6) is 11.5 Å². The molecule has 2 aromatic rings. The van der Waals surface area contributed by atoms with Crippen molar-refractivity contribution in [2.45, 2.75) is 32.9 Å². The van der Waals surface area contributed by atoms with E-state index in [9.17, 15) is 0 Å². The molecule has 0 saturated carbocycles. The lowest BCUT2D eigenvalue weighted by Gasteiger charge is -2.09. The summed E-state index contributed by atoms with van der Waals surface area (Å²) in [6.07, 6.45) is 5.91. The summed E-state index contributed by atoms with van der Waals surface area (Å²) in [6, 6.07) is 5.72. The number of imidazole rings is 1. The second kappa shape index (κ2) is 11.6. The fourth-order valence-corrected chi connectivity index (χ4v) is 2.47. The van der Waals surface area contributed by atoms with Crippen molar-refractivity contribution in [3.05, 3.63) is 42.0 Å². The first-order chi connectivity index (χ1) is 12.1. The number of aryl methyl sites for hydroxylation is 2. The van der Waals surface area contributed by atoms with E-state index < -0.39 is 0 Å². The minimum atomic E-state index is 0. The zero-order valence-corrected chi connectivity index (χ0v) is 17.9. The number of aliphatic imine (C=N–C) groups is 1. The molecule has 0 bridgehead atoms. The molecule has 1 aromatic heterocycles. The number of halogens is 1. The second-order valence-electron chi connectivity index (χ2n) is 5.69. The normalized spacial score (nSPS) is 11.0. The molecule has 1 aromatic carbocycles. The molecule has 0 aliphatic rings. The zero-order valence-electron chi connectivity index (χ0n) is 15.6. The monoisotopic (exact) mass is 473 g/mol. The molecule has 0 amide bonds. The average molecular weight is 473 g/mol. The van der Waals surface area contributed by atoms with Crippen LogP contribution in [0.2, 0.25) is 0 Å². The molecule has 0 radical (unpaired) electrons. The second-order valence-corrected chi connectivity index (χ2v) is 5.69. The highest BCUT2D eigenvalue weighted by Gasteiger charge is 2.04. The van der Waals surface area contributed by atoms with Crippen LogP contribution in [-0.4, -0.2) is 36.3 Å². The van der Waals surface area contributed by atoms with Crippen LogP contribution >= 0.6 is 24.0 Å².